The number of hydrogen-bond donors (Lipinski definition) is 5. The average molecular weight is 600 g/mol. The molecule has 0 unspecified atom stereocenters. The summed E-state index contributed by atoms with van der Waals surface area (Å²) in [5.74, 6) is -2.91. The maximum Gasteiger partial charge on any atom is 0.408 e. The molecule has 0 aliphatic carbocycles. The van der Waals surface area contributed by atoms with Gasteiger partial charge in [0.2, 0.25) is 0 Å². The molecule has 0 spiro atoms. The van der Waals surface area contributed by atoms with E-state index in [1.807, 2.05) is 13.8 Å². The molecule has 3 rings (SSSR count). The zero-order chi connectivity index (χ0) is 29.7. The van der Waals surface area contributed by atoms with Crippen LogP contribution in [0.5, 0.6) is 0 Å². The third kappa shape index (κ3) is 6.85. The van der Waals surface area contributed by atoms with E-state index in [2.05, 4.69) is 16.7 Å². The van der Waals surface area contributed by atoms with E-state index in [9.17, 15) is 20.3 Å². The van der Waals surface area contributed by atoms with Crippen LogP contribution < -0.4 is 10.6 Å². The Morgan fingerprint density at radius 3 is 2.62 bits per heavy atom. The quantitative estimate of drug-likeness (QED) is 0.258. The summed E-state index contributed by atoms with van der Waals surface area (Å²) in [6.07, 6.45) is -2.69. The molecule has 1 amide bonds. The molecule has 40 heavy (non-hydrogen) atoms. The van der Waals surface area contributed by atoms with Gasteiger partial charge in [-0.3, -0.25) is 5.32 Å². The SMILES string of the molecule is CC(C)(CCO)C[C@@H]1N[C@H](OC(=O)NCC[C@H](O)CO)[C@H](c2cccc(Cl)c2F)[C@@]1(C#N)c1ccc(Cl)cc1F. The number of hydrogen-bond acceptors (Lipinski definition) is 7. The van der Waals surface area contributed by atoms with Crippen LogP contribution in [0.4, 0.5) is 13.6 Å². The van der Waals surface area contributed by atoms with E-state index in [1.165, 1.54) is 30.3 Å². The van der Waals surface area contributed by atoms with Gasteiger partial charge in [0.1, 0.15) is 17.0 Å². The summed E-state index contributed by atoms with van der Waals surface area (Å²) in [7, 11) is 0. The number of ether oxygens (including phenoxy) is 1. The summed E-state index contributed by atoms with van der Waals surface area (Å²) in [5.41, 5.74) is -2.51. The van der Waals surface area contributed by atoms with Crippen molar-refractivity contribution in [1.82, 2.24) is 10.6 Å². The molecule has 1 saturated heterocycles. The largest absolute Gasteiger partial charge is 0.430 e. The van der Waals surface area contributed by atoms with E-state index >= 15 is 8.78 Å². The van der Waals surface area contributed by atoms with Gasteiger partial charge in [-0.05, 0) is 48.4 Å². The minimum Gasteiger partial charge on any atom is -0.430 e. The monoisotopic (exact) mass is 599 g/mol. The molecule has 1 aliphatic heterocycles. The number of amides is 1. The Hall–Kier alpha value is -2.52. The van der Waals surface area contributed by atoms with Crippen LogP contribution in [-0.4, -0.2) is 59.5 Å². The van der Waals surface area contributed by atoms with Gasteiger partial charge in [0, 0.05) is 29.8 Å². The lowest BCUT2D eigenvalue weighted by atomic mass is 9.63. The van der Waals surface area contributed by atoms with Crippen molar-refractivity contribution in [2.45, 2.75) is 62.8 Å². The first-order valence-corrected chi connectivity index (χ1v) is 13.6. The molecule has 1 aliphatic rings. The molecule has 1 heterocycles. The predicted octanol–water partition coefficient (Wildman–Crippen LogP) is 4.38. The lowest BCUT2D eigenvalue weighted by Crippen LogP contribution is -2.45. The first-order chi connectivity index (χ1) is 18.9. The van der Waals surface area contributed by atoms with Crippen LogP contribution in [0.15, 0.2) is 36.4 Å². The second kappa shape index (κ2) is 13.4. The van der Waals surface area contributed by atoms with E-state index in [0.29, 0.717) is 6.42 Å². The third-order valence-electron chi connectivity index (χ3n) is 7.32. The maximum absolute atomic E-state index is 15.6. The number of carbonyl (C=O) groups is 1. The van der Waals surface area contributed by atoms with Crippen molar-refractivity contribution in [1.29, 1.82) is 5.26 Å². The first-order valence-electron chi connectivity index (χ1n) is 12.8. The van der Waals surface area contributed by atoms with Crippen molar-refractivity contribution in [2.24, 2.45) is 5.41 Å². The van der Waals surface area contributed by atoms with Gasteiger partial charge in [0.15, 0.2) is 6.23 Å². The second-order valence-electron chi connectivity index (χ2n) is 10.7. The highest BCUT2D eigenvalue weighted by atomic mass is 35.5. The molecular formula is C28H33Cl2F2N3O5. The van der Waals surface area contributed by atoms with Gasteiger partial charge in [0.05, 0.1) is 29.7 Å². The van der Waals surface area contributed by atoms with Gasteiger partial charge in [-0.1, -0.05) is 55.2 Å². The molecule has 0 radical (unpaired) electrons. The minimum atomic E-state index is -1.81. The van der Waals surface area contributed by atoms with Crippen LogP contribution in [-0.2, 0) is 10.2 Å². The molecule has 0 saturated carbocycles. The molecule has 12 heteroatoms. The number of nitrogens with one attached hydrogen (secondary N) is 2. The van der Waals surface area contributed by atoms with E-state index in [4.69, 9.17) is 33.0 Å². The molecular weight excluding hydrogens is 567 g/mol. The van der Waals surface area contributed by atoms with Crippen LogP contribution in [0.2, 0.25) is 10.0 Å². The second-order valence-corrected chi connectivity index (χ2v) is 11.5. The minimum absolute atomic E-state index is 0.0361. The number of nitrogens with zero attached hydrogens (tertiary/aromatic N) is 1. The number of rotatable bonds is 11. The summed E-state index contributed by atoms with van der Waals surface area (Å²) in [4.78, 5) is 12.8. The zero-order valence-electron chi connectivity index (χ0n) is 22.1. The Labute approximate surface area is 241 Å². The van der Waals surface area contributed by atoms with Crippen molar-refractivity contribution < 1.29 is 33.6 Å². The number of alkyl carbamates (subject to hydrolysis) is 1. The van der Waals surface area contributed by atoms with Gasteiger partial charge in [-0.15, -0.1) is 0 Å². The lowest BCUT2D eigenvalue weighted by Gasteiger charge is -2.38. The Morgan fingerprint density at radius 2 is 2.00 bits per heavy atom. The summed E-state index contributed by atoms with van der Waals surface area (Å²) in [6, 6.07) is 9.43. The van der Waals surface area contributed by atoms with Gasteiger partial charge in [0.25, 0.3) is 0 Å². The van der Waals surface area contributed by atoms with Crippen molar-refractivity contribution in [3.63, 3.8) is 0 Å². The first kappa shape index (κ1) is 32.0. The Bertz CT molecular complexity index is 1240. The summed E-state index contributed by atoms with van der Waals surface area (Å²) in [6.45, 7) is 3.08. The fourth-order valence-corrected chi connectivity index (χ4v) is 5.65. The molecule has 0 bridgehead atoms. The van der Waals surface area contributed by atoms with Crippen molar-refractivity contribution in [3.8, 4) is 6.07 Å². The zero-order valence-corrected chi connectivity index (χ0v) is 23.6. The van der Waals surface area contributed by atoms with Crippen LogP contribution in [0.1, 0.15) is 50.2 Å². The molecule has 5 N–H and O–H groups in total. The molecule has 5 atom stereocenters. The maximum atomic E-state index is 15.6. The average Bonchev–Trinajstić information content (AvgIpc) is 3.17. The van der Waals surface area contributed by atoms with Gasteiger partial charge >= 0.3 is 6.09 Å². The highest BCUT2D eigenvalue weighted by molar-refractivity contribution is 6.31. The Balaban J connectivity index is 2.18. The van der Waals surface area contributed by atoms with Crippen molar-refractivity contribution in [3.05, 3.63) is 69.2 Å². The molecule has 1 fully saturated rings. The summed E-state index contributed by atoms with van der Waals surface area (Å²) < 4.78 is 36.9. The highest BCUT2D eigenvalue weighted by Gasteiger charge is 2.61. The van der Waals surface area contributed by atoms with Crippen LogP contribution >= 0.6 is 23.2 Å². The van der Waals surface area contributed by atoms with Gasteiger partial charge in [-0.2, -0.15) is 5.26 Å². The van der Waals surface area contributed by atoms with Crippen molar-refractivity contribution in [2.75, 3.05) is 19.8 Å². The molecule has 0 aromatic heterocycles. The fraction of sp³-hybridized carbons (Fsp3) is 0.500. The van der Waals surface area contributed by atoms with E-state index in [-0.39, 0.29) is 47.2 Å². The van der Waals surface area contributed by atoms with E-state index in [1.54, 1.807) is 0 Å². The Kier molecular flexibility index (Phi) is 10.7. The summed E-state index contributed by atoms with van der Waals surface area (Å²) >= 11 is 12.1. The highest BCUT2D eigenvalue weighted by Crippen LogP contribution is 2.53. The number of nitriles is 1. The van der Waals surface area contributed by atoms with Gasteiger partial charge in [-0.25, -0.2) is 13.6 Å². The topological polar surface area (TPSA) is 135 Å². The van der Waals surface area contributed by atoms with E-state index < -0.39 is 59.5 Å². The fourth-order valence-electron chi connectivity index (χ4n) is 5.31. The standard InChI is InChI=1S/C28H33Cl2F2N3O5/c1-27(2,9-11-36)13-22-28(15-33,19-7-6-16(29)12-21(19)31)23(18-4-3-5-20(30)24(18)32)25(35-22)40-26(39)34-10-8-17(38)14-37/h3-7,12,17,22-23,25,35-38H,8-11,13-14H2,1-2H3,(H,34,39)/t17-,22-,23-,25+,28-/m0/s1. The lowest BCUT2D eigenvalue weighted by molar-refractivity contribution is 0.0681. The summed E-state index contributed by atoms with van der Waals surface area (Å²) in [5, 5.41) is 44.5. The smallest absolute Gasteiger partial charge is 0.408 e. The number of aliphatic hydroxyl groups is 3. The number of benzene rings is 2. The molecule has 2 aromatic rings. The third-order valence-corrected chi connectivity index (χ3v) is 7.85. The van der Waals surface area contributed by atoms with Crippen LogP contribution in [0.3, 0.4) is 0 Å². The van der Waals surface area contributed by atoms with Crippen LogP contribution in [0, 0.1) is 28.4 Å². The molecule has 2 aromatic carbocycles. The molecule has 8 nitrogen and oxygen atoms in total. The van der Waals surface area contributed by atoms with Crippen LogP contribution in [0.25, 0.3) is 0 Å². The Morgan fingerprint density at radius 1 is 1.27 bits per heavy atom. The number of aliphatic hydroxyl groups excluding tert-OH is 3. The molecule has 218 valence electrons. The van der Waals surface area contributed by atoms with Gasteiger partial charge < -0.3 is 25.4 Å². The van der Waals surface area contributed by atoms with Crippen molar-refractivity contribution >= 4 is 29.3 Å². The normalized spacial score (nSPS) is 23.4. The predicted molar refractivity (Wildman–Crippen MR) is 146 cm³/mol. The number of carbonyl (C=O) groups excluding carboxylic acids is 1. The van der Waals surface area contributed by atoms with E-state index in [0.717, 1.165) is 6.07 Å². The number of halogens is 4.